The smallest absolute Gasteiger partial charge is 0.242 e. The third-order valence-electron chi connectivity index (χ3n) is 4.95. The molecule has 3 aromatic carbocycles. The molecule has 0 spiro atoms. The highest BCUT2D eigenvalue weighted by Crippen LogP contribution is 2.37. The molecule has 4 rings (SSSR count). The van der Waals surface area contributed by atoms with Crippen molar-refractivity contribution >= 4 is 19.9 Å². The molecule has 9 heteroatoms. The summed E-state index contributed by atoms with van der Waals surface area (Å²) in [5.74, 6) is 0.827. The third kappa shape index (κ3) is 4.30. The number of sulfone groups is 1. The summed E-state index contributed by atoms with van der Waals surface area (Å²) < 4.78 is 66.2. The number of hydrogen-bond acceptors (Lipinski definition) is 6. The fourth-order valence-corrected chi connectivity index (χ4v) is 6.40. The first-order valence-corrected chi connectivity index (χ1v) is 12.5. The number of rotatable bonds is 6. The lowest BCUT2D eigenvalue weighted by Gasteiger charge is -2.20. The van der Waals surface area contributed by atoms with E-state index in [0.717, 1.165) is 11.1 Å². The number of hydrogen-bond donors (Lipinski definition) is 1. The lowest BCUT2D eigenvalue weighted by molar-refractivity contribution is 0.174. The Bertz CT molecular complexity index is 1320. The Labute approximate surface area is 181 Å². The number of aryl methyl sites for hydroxylation is 2. The first-order valence-electron chi connectivity index (χ1n) is 9.46. The minimum atomic E-state index is -4.14. The predicted molar refractivity (Wildman–Crippen MR) is 115 cm³/mol. The van der Waals surface area contributed by atoms with Crippen molar-refractivity contribution < 1.29 is 26.3 Å². The maximum absolute atomic E-state index is 13.5. The Morgan fingerprint density at radius 2 is 1.29 bits per heavy atom. The lowest BCUT2D eigenvalue weighted by Crippen LogP contribution is -2.34. The standard InChI is InChI=1S/C22H21NO6S2/c1-15-3-8-18(9-4-15)30(24,25)22(17-7-12-20-21(13-17)29-14-28-20)23-31(26,27)19-10-5-16(2)6-11-19/h3-13,22-23H,14H2,1-2H3. The largest absolute Gasteiger partial charge is 0.454 e. The number of benzene rings is 3. The van der Waals surface area contributed by atoms with Crippen LogP contribution < -0.4 is 14.2 Å². The van der Waals surface area contributed by atoms with Crippen LogP contribution >= 0.6 is 0 Å². The second-order valence-corrected chi connectivity index (χ2v) is 11.0. The van der Waals surface area contributed by atoms with Crippen LogP contribution in [0.3, 0.4) is 0 Å². The van der Waals surface area contributed by atoms with Crippen molar-refractivity contribution in [3.63, 3.8) is 0 Å². The van der Waals surface area contributed by atoms with Crippen LogP contribution in [0.1, 0.15) is 22.1 Å². The van der Waals surface area contributed by atoms with Crippen molar-refractivity contribution in [3.05, 3.63) is 83.4 Å². The maximum Gasteiger partial charge on any atom is 0.242 e. The topological polar surface area (TPSA) is 98.8 Å². The zero-order valence-electron chi connectivity index (χ0n) is 16.9. The second kappa shape index (κ2) is 7.99. The summed E-state index contributed by atoms with van der Waals surface area (Å²) in [6, 6.07) is 17.0. The van der Waals surface area contributed by atoms with Crippen molar-refractivity contribution in [2.24, 2.45) is 0 Å². The molecule has 1 heterocycles. The highest BCUT2D eigenvalue weighted by molar-refractivity contribution is 7.94. The van der Waals surface area contributed by atoms with Crippen LogP contribution in [0.2, 0.25) is 0 Å². The van der Waals surface area contributed by atoms with E-state index >= 15 is 0 Å². The van der Waals surface area contributed by atoms with Gasteiger partial charge in [-0.15, -0.1) is 0 Å². The summed E-state index contributed by atoms with van der Waals surface area (Å²) in [4.78, 5) is -0.0182. The minimum absolute atomic E-state index is 0.00683. The quantitative estimate of drug-likeness (QED) is 0.606. The van der Waals surface area contributed by atoms with Gasteiger partial charge >= 0.3 is 0 Å². The number of ether oxygens (including phenoxy) is 2. The molecular weight excluding hydrogens is 438 g/mol. The van der Waals surface area contributed by atoms with Crippen molar-refractivity contribution in [2.75, 3.05) is 6.79 Å². The van der Waals surface area contributed by atoms with E-state index in [1.807, 2.05) is 13.8 Å². The number of fused-ring (bicyclic) bond motifs is 1. The van der Waals surface area contributed by atoms with E-state index in [0.29, 0.717) is 11.5 Å². The Balaban J connectivity index is 1.81. The number of sulfonamides is 1. The molecule has 0 bridgehead atoms. The molecule has 1 N–H and O–H groups in total. The maximum atomic E-state index is 13.5. The highest BCUT2D eigenvalue weighted by Gasteiger charge is 2.34. The van der Waals surface area contributed by atoms with Gasteiger partial charge in [0.05, 0.1) is 9.79 Å². The molecule has 0 amide bonds. The molecule has 1 unspecified atom stereocenters. The molecule has 0 aromatic heterocycles. The van der Waals surface area contributed by atoms with Crippen LogP contribution in [0.25, 0.3) is 0 Å². The second-order valence-electron chi connectivity index (χ2n) is 7.29. The van der Waals surface area contributed by atoms with Gasteiger partial charge in [0, 0.05) is 0 Å². The summed E-state index contributed by atoms with van der Waals surface area (Å²) >= 11 is 0. The van der Waals surface area contributed by atoms with Crippen molar-refractivity contribution in [1.29, 1.82) is 0 Å². The Hall–Kier alpha value is -2.88. The summed E-state index contributed by atoms with van der Waals surface area (Å²) in [5, 5.41) is -1.56. The van der Waals surface area contributed by atoms with Crippen molar-refractivity contribution in [2.45, 2.75) is 29.0 Å². The van der Waals surface area contributed by atoms with E-state index < -0.39 is 25.2 Å². The first-order chi connectivity index (χ1) is 14.7. The van der Waals surface area contributed by atoms with Gasteiger partial charge in [-0.3, -0.25) is 0 Å². The van der Waals surface area contributed by atoms with Gasteiger partial charge in [0.25, 0.3) is 0 Å². The van der Waals surface area contributed by atoms with Crippen LogP contribution in [0, 0.1) is 13.8 Å². The average Bonchev–Trinajstić information content (AvgIpc) is 3.20. The van der Waals surface area contributed by atoms with E-state index in [9.17, 15) is 16.8 Å². The summed E-state index contributed by atoms with van der Waals surface area (Å²) in [7, 11) is -8.26. The van der Waals surface area contributed by atoms with E-state index in [1.165, 1.54) is 36.4 Å². The molecule has 0 aliphatic carbocycles. The molecule has 31 heavy (non-hydrogen) atoms. The minimum Gasteiger partial charge on any atom is -0.454 e. The normalized spacial score (nSPS) is 14.4. The monoisotopic (exact) mass is 459 g/mol. The van der Waals surface area contributed by atoms with Gasteiger partial charge < -0.3 is 9.47 Å². The molecule has 3 aromatic rings. The van der Waals surface area contributed by atoms with Crippen LogP contribution in [0.4, 0.5) is 0 Å². The van der Waals surface area contributed by atoms with Crippen LogP contribution in [0.15, 0.2) is 76.5 Å². The molecule has 162 valence electrons. The Kier molecular flexibility index (Phi) is 5.50. The SMILES string of the molecule is Cc1ccc(S(=O)(=O)NC(c2ccc3c(c2)OCO3)S(=O)(=O)c2ccc(C)cc2)cc1. The van der Waals surface area contributed by atoms with Crippen LogP contribution in [-0.4, -0.2) is 23.6 Å². The van der Waals surface area contributed by atoms with Gasteiger partial charge in [-0.25, -0.2) is 16.8 Å². The molecule has 0 saturated heterocycles. The zero-order chi connectivity index (χ0) is 22.2. The van der Waals surface area contributed by atoms with E-state index in [2.05, 4.69) is 4.72 Å². The summed E-state index contributed by atoms with van der Waals surface area (Å²) in [6.45, 7) is 3.69. The average molecular weight is 460 g/mol. The summed E-state index contributed by atoms with van der Waals surface area (Å²) in [6.07, 6.45) is 0. The molecular formula is C22H21NO6S2. The fraction of sp³-hybridized carbons (Fsp3) is 0.182. The lowest BCUT2D eigenvalue weighted by atomic mass is 10.2. The van der Waals surface area contributed by atoms with E-state index in [1.54, 1.807) is 30.3 Å². The van der Waals surface area contributed by atoms with Gasteiger partial charge in [0.15, 0.2) is 26.7 Å². The Morgan fingerprint density at radius 3 is 1.90 bits per heavy atom. The van der Waals surface area contributed by atoms with Gasteiger partial charge in [0.2, 0.25) is 16.8 Å². The van der Waals surface area contributed by atoms with E-state index in [-0.39, 0.29) is 22.1 Å². The van der Waals surface area contributed by atoms with E-state index in [4.69, 9.17) is 9.47 Å². The molecule has 1 atom stereocenters. The molecule has 1 aliphatic rings. The Morgan fingerprint density at radius 1 is 0.742 bits per heavy atom. The highest BCUT2D eigenvalue weighted by atomic mass is 32.2. The van der Waals surface area contributed by atoms with Crippen molar-refractivity contribution in [1.82, 2.24) is 4.72 Å². The predicted octanol–water partition coefficient (Wildman–Crippen LogP) is 3.48. The first kappa shape index (κ1) is 21.4. The number of nitrogens with one attached hydrogen (secondary N) is 1. The van der Waals surface area contributed by atoms with Crippen LogP contribution in [-0.2, 0) is 19.9 Å². The molecule has 1 aliphatic heterocycles. The molecule has 0 radical (unpaired) electrons. The zero-order valence-corrected chi connectivity index (χ0v) is 18.5. The van der Waals surface area contributed by atoms with Gasteiger partial charge in [-0.05, 0) is 55.8 Å². The van der Waals surface area contributed by atoms with Crippen LogP contribution in [0.5, 0.6) is 11.5 Å². The molecule has 0 fully saturated rings. The molecule has 7 nitrogen and oxygen atoms in total. The fourth-order valence-electron chi connectivity index (χ4n) is 3.18. The summed E-state index contributed by atoms with van der Waals surface area (Å²) in [5.41, 5.74) is 2.00. The van der Waals surface area contributed by atoms with Gasteiger partial charge in [-0.2, -0.15) is 4.72 Å². The van der Waals surface area contributed by atoms with Crippen molar-refractivity contribution in [3.8, 4) is 11.5 Å². The van der Waals surface area contributed by atoms with Gasteiger partial charge in [-0.1, -0.05) is 41.5 Å². The molecule has 0 saturated carbocycles. The van der Waals surface area contributed by atoms with Gasteiger partial charge in [0.1, 0.15) is 0 Å². The third-order valence-corrected chi connectivity index (χ3v) is 8.48.